The zero-order valence-corrected chi connectivity index (χ0v) is 18.1. The smallest absolute Gasteiger partial charge is 0.231 e. The molecule has 0 bridgehead atoms. The number of hydrogen-bond donors (Lipinski definition) is 0. The summed E-state index contributed by atoms with van der Waals surface area (Å²) in [6.45, 7) is 4.76. The van der Waals surface area contributed by atoms with Crippen molar-refractivity contribution in [2.45, 2.75) is 46.0 Å². The van der Waals surface area contributed by atoms with Crippen molar-refractivity contribution in [2.24, 2.45) is 28.6 Å². The van der Waals surface area contributed by atoms with E-state index >= 15 is 0 Å². The van der Waals surface area contributed by atoms with Crippen LogP contribution in [0.15, 0.2) is 47.6 Å². The molecule has 160 valence electrons. The van der Waals surface area contributed by atoms with E-state index in [1.807, 2.05) is 24.3 Å². The number of rotatable bonds is 1. The first-order chi connectivity index (χ1) is 14.9. The van der Waals surface area contributed by atoms with E-state index in [9.17, 15) is 9.59 Å². The lowest BCUT2D eigenvalue weighted by Crippen LogP contribution is -2.49. The summed E-state index contributed by atoms with van der Waals surface area (Å²) in [4.78, 5) is 25.5. The Kier molecular flexibility index (Phi) is 3.97. The minimum absolute atomic E-state index is 0.0367. The monoisotopic (exact) mass is 416 g/mol. The first-order valence-electron chi connectivity index (χ1n) is 11.5. The molecule has 1 aromatic carbocycles. The first-order valence-corrected chi connectivity index (χ1v) is 11.5. The third-order valence-electron chi connectivity index (χ3n) is 8.93. The Bertz CT molecular complexity index is 1090. The van der Waals surface area contributed by atoms with Crippen molar-refractivity contribution in [3.05, 3.63) is 53.1 Å². The number of carbonyl (C=O) groups is 2. The van der Waals surface area contributed by atoms with E-state index in [2.05, 4.69) is 26.0 Å². The topological polar surface area (TPSA) is 52.6 Å². The van der Waals surface area contributed by atoms with Gasteiger partial charge in [0.15, 0.2) is 23.1 Å². The van der Waals surface area contributed by atoms with Gasteiger partial charge < -0.3 is 9.47 Å². The summed E-state index contributed by atoms with van der Waals surface area (Å²) in [7, 11) is 0. The second-order valence-electron chi connectivity index (χ2n) is 10.4. The third kappa shape index (κ3) is 2.66. The van der Waals surface area contributed by atoms with Crippen LogP contribution in [0.3, 0.4) is 0 Å². The summed E-state index contributed by atoms with van der Waals surface area (Å²) >= 11 is 0. The molecule has 0 radical (unpaired) electrons. The summed E-state index contributed by atoms with van der Waals surface area (Å²) in [6.07, 6.45) is 12.7. The highest BCUT2D eigenvalue weighted by Crippen LogP contribution is 2.64. The fourth-order valence-electron chi connectivity index (χ4n) is 7.20. The van der Waals surface area contributed by atoms with E-state index in [1.54, 1.807) is 6.08 Å². The standard InChI is InChI=1S/C27H28O4/c1-26-9-7-19(28)14-18(26)4-5-20-21(26)8-10-27(2)22(20)13-17(25(27)29)11-16-3-6-23-24(12-16)31-15-30-23/h3,6-7,9,11-12,14,20-22H,4-5,8,10,13,15H2,1-2H3/b17-11+/t20-,21+,22+,26+,27+/m1/s1. The zero-order chi connectivity index (χ0) is 21.4. The molecule has 4 nitrogen and oxygen atoms in total. The van der Waals surface area contributed by atoms with Crippen molar-refractivity contribution in [3.63, 3.8) is 0 Å². The maximum Gasteiger partial charge on any atom is 0.231 e. The molecule has 4 aliphatic carbocycles. The van der Waals surface area contributed by atoms with Crippen LogP contribution in [0.1, 0.15) is 51.5 Å². The summed E-state index contributed by atoms with van der Waals surface area (Å²) in [5, 5.41) is 0. The van der Waals surface area contributed by atoms with Crippen LogP contribution in [0.5, 0.6) is 11.5 Å². The summed E-state index contributed by atoms with van der Waals surface area (Å²) in [5.74, 6) is 3.37. The van der Waals surface area contributed by atoms with Gasteiger partial charge in [-0.25, -0.2) is 0 Å². The van der Waals surface area contributed by atoms with Crippen molar-refractivity contribution in [1.82, 2.24) is 0 Å². The van der Waals surface area contributed by atoms with Gasteiger partial charge in [-0.05, 0) is 91.4 Å². The van der Waals surface area contributed by atoms with Crippen LogP contribution in [0.2, 0.25) is 0 Å². The van der Waals surface area contributed by atoms with Crippen LogP contribution in [-0.4, -0.2) is 18.4 Å². The predicted molar refractivity (Wildman–Crippen MR) is 118 cm³/mol. The van der Waals surface area contributed by atoms with Crippen molar-refractivity contribution in [1.29, 1.82) is 0 Å². The maximum absolute atomic E-state index is 13.6. The van der Waals surface area contributed by atoms with Gasteiger partial charge in [0.1, 0.15) is 0 Å². The fraction of sp³-hybridized carbons (Fsp3) is 0.481. The highest BCUT2D eigenvalue weighted by atomic mass is 16.7. The van der Waals surface area contributed by atoms with Gasteiger partial charge in [0, 0.05) is 10.8 Å². The predicted octanol–water partition coefficient (Wildman–Crippen LogP) is 5.29. The summed E-state index contributed by atoms with van der Waals surface area (Å²) in [6, 6.07) is 5.90. The molecule has 31 heavy (non-hydrogen) atoms. The molecule has 1 heterocycles. The molecule has 0 amide bonds. The van der Waals surface area contributed by atoms with Crippen LogP contribution in [0.4, 0.5) is 0 Å². The van der Waals surface area contributed by atoms with Crippen LogP contribution >= 0.6 is 0 Å². The average molecular weight is 417 g/mol. The first kappa shape index (κ1) is 19.1. The van der Waals surface area contributed by atoms with Crippen LogP contribution in [0, 0.1) is 28.6 Å². The average Bonchev–Trinajstić information content (AvgIpc) is 3.31. The molecular weight excluding hydrogens is 388 g/mol. The molecule has 1 aliphatic heterocycles. The molecule has 0 unspecified atom stereocenters. The molecule has 5 atom stereocenters. The molecule has 3 saturated carbocycles. The Labute approximate surface area is 183 Å². The number of hydrogen-bond acceptors (Lipinski definition) is 4. The summed E-state index contributed by atoms with van der Waals surface area (Å²) in [5.41, 5.74) is 2.94. The molecular formula is C27H28O4. The van der Waals surface area contributed by atoms with Gasteiger partial charge in [0.25, 0.3) is 0 Å². The van der Waals surface area contributed by atoms with E-state index < -0.39 is 0 Å². The van der Waals surface area contributed by atoms with E-state index in [1.165, 1.54) is 5.57 Å². The van der Waals surface area contributed by atoms with Gasteiger partial charge in [-0.15, -0.1) is 0 Å². The highest BCUT2D eigenvalue weighted by molar-refractivity contribution is 6.06. The number of carbonyl (C=O) groups excluding carboxylic acids is 2. The quantitative estimate of drug-likeness (QED) is 0.584. The van der Waals surface area contributed by atoms with Crippen molar-refractivity contribution in [2.75, 3.05) is 6.79 Å². The molecule has 0 aromatic heterocycles. The third-order valence-corrected chi connectivity index (χ3v) is 8.93. The second kappa shape index (κ2) is 6.44. The van der Waals surface area contributed by atoms with E-state index in [4.69, 9.17) is 9.47 Å². The minimum atomic E-state index is -0.269. The van der Waals surface area contributed by atoms with Crippen molar-refractivity contribution in [3.8, 4) is 11.5 Å². The molecule has 4 heteroatoms. The van der Waals surface area contributed by atoms with Crippen LogP contribution in [0.25, 0.3) is 6.08 Å². The van der Waals surface area contributed by atoms with E-state index in [-0.39, 0.29) is 23.4 Å². The van der Waals surface area contributed by atoms with E-state index in [0.717, 1.165) is 54.7 Å². The molecule has 1 aromatic rings. The second-order valence-corrected chi connectivity index (χ2v) is 10.4. The van der Waals surface area contributed by atoms with Gasteiger partial charge in [0.05, 0.1) is 0 Å². The van der Waals surface area contributed by atoms with Crippen LogP contribution < -0.4 is 9.47 Å². The Morgan fingerprint density at radius 2 is 1.90 bits per heavy atom. The lowest BCUT2D eigenvalue weighted by atomic mass is 9.48. The van der Waals surface area contributed by atoms with Gasteiger partial charge in [0.2, 0.25) is 6.79 Å². The SMILES string of the molecule is C[C@]12C=CC(=O)C=C1CC[C@@H]1[C@@H]2CC[C@]2(C)C(=O)/C(=C/c3ccc4c(c3)OCO4)C[C@@H]12. The molecule has 0 N–H and O–H groups in total. The number of fused-ring (bicyclic) bond motifs is 6. The lowest BCUT2D eigenvalue weighted by molar-refractivity contribution is -0.129. The van der Waals surface area contributed by atoms with Crippen molar-refractivity contribution < 1.29 is 19.1 Å². The molecule has 5 aliphatic rings. The lowest BCUT2D eigenvalue weighted by Gasteiger charge is -2.55. The largest absolute Gasteiger partial charge is 0.454 e. The summed E-state index contributed by atoms with van der Waals surface area (Å²) < 4.78 is 10.9. The normalized spacial score (nSPS) is 39.2. The number of ether oxygens (including phenoxy) is 2. The minimum Gasteiger partial charge on any atom is -0.454 e. The van der Waals surface area contributed by atoms with Gasteiger partial charge in [-0.3, -0.25) is 9.59 Å². The maximum atomic E-state index is 13.6. The zero-order valence-electron chi connectivity index (χ0n) is 18.1. The van der Waals surface area contributed by atoms with Crippen molar-refractivity contribution >= 4 is 17.6 Å². The Hall–Kier alpha value is -2.62. The van der Waals surface area contributed by atoms with Gasteiger partial charge in [-0.1, -0.05) is 31.6 Å². The number of Topliss-reactive ketones (excluding diaryl/α,β-unsaturated/α-hetero) is 1. The molecule has 3 fully saturated rings. The number of allylic oxidation sites excluding steroid dienone is 5. The van der Waals surface area contributed by atoms with Gasteiger partial charge >= 0.3 is 0 Å². The Morgan fingerprint density at radius 1 is 1.06 bits per heavy atom. The number of benzene rings is 1. The molecule has 0 saturated heterocycles. The fourth-order valence-corrected chi connectivity index (χ4v) is 7.20. The van der Waals surface area contributed by atoms with Gasteiger partial charge in [-0.2, -0.15) is 0 Å². The molecule has 0 spiro atoms. The Morgan fingerprint density at radius 3 is 2.77 bits per heavy atom. The highest BCUT2D eigenvalue weighted by Gasteiger charge is 2.59. The van der Waals surface area contributed by atoms with E-state index in [0.29, 0.717) is 23.5 Å². The van der Waals surface area contributed by atoms with Crippen LogP contribution in [-0.2, 0) is 9.59 Å². The Balaban J connectivity index is 1.33. The molecule has 6 rings (SSSR count). The number of ketones is 2.